The van der Waals surface area contributed by atoms with E-state index in [9.17, 15) is 9.18 Å². The highest BCUT2D eigenvalue weighted by molar-refractivity contribution is 5.79. The lowest BCUT2D eigenvalue weighted by Crippen LogP contribution is -2.34. The molecule has 4 atom stereocenters. The maximum Gasteiger partial charge on any atom is 0.248 e. The molecule has 0 aliphatic heterocycles. The van der Waals surface area contributed by atoms with Crippen molar-refractivity contribution in [1.29, 1.82) is 0 Å². The molecule has 1 heterocycles. The van der Waals surface area contributed by atoms with Gasteiger partial charge in [-0.3, -0.25) is 4.79 Å². The molecule has 2 unspecified atom stereocenters. The molecule has 3 rings (SSSR count). The molecule has 1 aromatic heterocycles. The smallest absolute Gasteiger partial charge is 0.248 e. The van der Waals surface area contributed by atoms with Crippen molar-refractivity contribution in [1.82, 2.24) is 4.98 Å². The zero-order valence-corrected chi connectivity index (χ0v) is 18.3. The van der Waals surface area contributed by atoms with Crippen LogP contribution in [0.4, 0.5) is 4.39 Å². The first kappa shape index (κ1) is 22.9. The Morgan fingerprint density at radius 2 is 1.65 bits per heavy atom. The lowest BCUT2D eigenvalue weighted by molar-refractivity contribution is -0.103. The zero-order chi connectivity index (χ0) is 22.5. The van der Waals surface area contributed by atoms with Crippen molar-refractivity contribution < 1.29 is 23.3 Å². The largest absolute Gasteiger partial charge is 0.486 e. The number of hydrogen-bond acceptors (Lipinski definition) is 5. The second-order valence-corrected chi connectivity index (χ2v) is 7.45. The number of H-pyrrole nitrogens is 1. The zero-order valence-electron chi connectivity index (χ0n) is 18.3. The maximum absolute atomic E-state index is 14.4. The molecule has 166 valence electrons. The van der Waals surface area contributed by atoms with Gasteiger partial charge in [0.25, 0.3) is 0 Å². The Balaban J connectivity index is 1.87. The molecule has 0 amide bonds. The maximum atomic E-state index is 14.4. The topological polar surface area (TPSA) is 69.8 Å². The molecule has 0 fully saturated rings. The van der Waals surface area contributed by atoms with E-state index in [0.717, 1.165) is 16.5 Å². The van der Waals surface area contributed by atoms with Gasteiger partial charge >= 0.3 is 0 Å². The number of ether oxygens (including phenoxy) is 4. The lowest BCUT2D eigenvalue weighted by atomic mass is 10.00. The molecule has 0 aliphatic rings. The normalized spacial score (nSPS) is 15.4. The van der Waals surface area contributed by atoms with E-state index in [-0.39, 0.29) is 17.8 Å². The molecule has 0 saturated heterocycles. The van der Waals surface area contributed by atoms with E-state index in [4.69, 9.17) is 18.9 Å². The highest BCUT2D eigenvalue weighted by atomic mass is 19.1. The van der Waals surface area contributed by atoms with E-state index in [2.05, 4.69) is 4.98 Å². The van der Waals surface area contributed by atoms with E-state index >= 15 is 0 Å². The van der Waals surface area contributed by atoms with Crippen molar-refractivity contribution >= 4 is 10.9 Å². The number of aromatic amines is 1. The fourth-order valence-electron chi connectivity index (χ4n) is 3.67. The van der Waals surface area contributed by atoms with Gasteiger partial charge in [0.1, 0.15) is 29.9 Å². The lowest BCUT2D eigenvalue weighted by Gasteiger charge is -2.29. The van der Waals surface area contributed by atoms with E-state index in [1.165, 1.54) is 18.2 Å². The summed E-state index contributed by atoms with van der Waals surface area (Å²) in [7, 11) is 4.70. The summed E-state index contributed by atoms with van der Waals surface area (Å²) in [5.41, 5.74) is 2.09. The van der Waals surface area contributed by atoms with Crippen molar-refractivity contribution in [2.75, 3.05) is 21.3 Å². The minimum atomic E-state index is -0.536. The number of fused-ring (bicyclic) bond motifs is 1. The molecule has 0 aliphatic carbocycles. The third-order valence-corrected chi connectivity index (χ3v) is 5.41. The monoisotopic (exact) mass is 429 g/mol. The molecule has 3 aromatic rings. The molecule has 0 saturated carbocycles. The van der Waals surface area contributed by atoms with Crippen LogP contribution in [-0.4, -0.2) is 38.5 Å². The molecule has 2 aromatic carbocycles. The van der Waals surface area contributed by atoms with Gasteiger partial charge in [-0.1, -0.05) is 6.07 Å². The fraction of sp³-hybridized carbons (Fsp3) is 0.375. The second-order valence-electron chi connectivity index (χ2n) is 7.45. The summed E-state index contributed by atoms with van der Waals surface area (Å²) in [6.45, 7) is 3.75. The van der Waals surface area contributed by atoms with Crippen molar-refractivity contribution in [3.05, 3.63) is 75.8 Å². The highest BCUT2D eigenvalue weighted by Gasteiger charge is 2.29. The van der Waals surface area contributed by atoms with Crippen molar-refractivity contribution in [3.8, 4) is 5.75 Å². The Hall–Kier alpha value is -2.74. The van der Waals surface area contributed by atoms with Crippen LogP contribution in [0.15, 0.2) is 53.3 Å². The fourth-order valence-corrected chi connectivity index (χ4v) is 3.67. The standard InChI is InChI=1S/C24H28FNO5/c1-14(16-6-8-21-17(10-16)7-9-22(27)26-21)31-20-12-18(11-19(25)13-20)24(30-5)23(29-4)15(2)28-3/h6-15,23-24H,1-5H3,(H,26,27)/t14?,15-,23-,24?/m1/s1. The summed E-state index contributed by atoms with van der Waals surface area (Å²) >= 11 is 0. The number of pyridine rings is 1. The van der Waals surface area contributed by atoms with Gasteiger partial charge in [-0.05, 0) is 60.7 Å². The summed E-state index contributed by atoms with van der Waals surface area (Å²) in [6, 6.07) is 13.4. The first-order valence-electron chi connectivity index (χ1n) is 10.0. The van der Waals surface area contributed by atoms with E-state index < -0.39 is 18.0 Å². The average Bonchev–Trinajstić information content (AvgIpc) is 2.75. The molecule has 31 heavy (non-hydrogen) atoms. The summed E-state index contributed by atoms with van der Waals surface area (Å²) in [4.78, 5) is 14.3. The van der Waals surface area contributed by atoms with Gasteiger partial charge in [-0.25, -0.2) is 4.39 Å². The van der Waals surface area contributed by atoms with Crippen LogP contribution in [0.1, 0.15) is 37.2 Å². The molecule has 1 N–H and O–H groups in total. The molecule has 0 spiro atoms. The van der Waals surface area contributed by atoms with Crippen molar-refractivity contribution in [3.63, 3.8) is 0 Å². The molecule has 0 radical (unpaired) electrons. The molecule has 0 bridgehead atoms. The van der Waals surface area contributed by atoms with Gasteiger partial charge in [0.2, 0.25) is 5.56 Å². The second kappa shape index (κ2) is 10.0. The first-order chi connectivity index (χ1) is 14.9. The number of aromatic nitrogens is 1. The van der Waals surface area contributed by atoms with Crippen LogP contribution in [0.5, 0.6) is 5.75 Å². The number of hydrogen-bond donors (Lipinski definition) is 1. The summed E-state index contributed by atoms with van der Waals surface area (Å²) < 4.78 is 37.0. The van der Waals surface area contributed by atoms with Gasteiger partial charge in [0.05, 0.1) is 6.10 Å². The number of nitrogens with one attached hydrogen (secondary N) is 1. The number of benzene rings is 2. The number of halogens is 1. The predicted molar refractivity (Wildman–Crippen MR) is 117 cm³/mol. The Kier molecular flexibility index (Phi) is 7.43. The van der Waals surface area contributed by atoms with Gasteiger partial charge in [-0.2, -0.15) is 0 Å². The van der Waals surface area contributed by atoms with E-state index in [1.54, 1.807) is 33.5 Å². The van der Waals surface area contributed by atoms with Crippen LogP contribution in [-0.2, 0) is 14.2 Å². The van der Waals surface area contributed by atoms with Crippen LogP contribution in [0.2, 0.25) is 0 Å². The van der Waals surface area contributed by atoms with E-state index in [1.807, 2.05) is 32.0 Å². The van der Waals surface area contributed by atoms with Crippen LogP contribution in [0.25, 0.3) is 10.9 Å². The van der Waals surface area contributed by atoms with Crippen molar-refractivity contribution in [2.24, 2.45) is 0 Å². The van der Waals surface area contributed by atoms with Crippen LogP contribution in [0.3, 0.4) is 0 Å². The van der Waals surface area contributed by atoms with Gasteiger partial charge in [0, 0.05) is 39.0 Å². The average molecular weight is 429 g/mol. The Labute approximate surface area is 180 Å². The third-order valence-electron chi connectivity index (χ3n) is 5.41. The number of methoxy groups -OCH3 is 3. The summed E-state index contributed by atoms with van der Waals surface area (Å²) in [5.74, 6) is -0.0520. The van der Waals surface area contributed by atoms with Gasteiger partial charge in [-0.15, -0.1) is 0 Å². The van der Waals surface area contributed by atoms with Crippen LogP contribution in [0, 0.1) is 5.82 Å². The Morgan fingerprint density at radius 3 is 2.32 bits per heavy atom. The number of rotatable bonds is 9. The third kappa shape index (κ3) is 5.31. The predicted octanol–water partition coefficient (Wildman–Crippen LogP) is 4.54. The first-order valence-corrected chi connectivity index (χ1v) is 10.0. The SMILES string of the molecule is COC(c1cc(F)cc(OC(C)c2ccc3[nH]c(=O)ccc3c2)c1)[C@H](OC)[C@@H](C)OC. The Bertz CT molecular complexity index is 1080. The summed E-state index contributed by atoms with van der Waals surface area (Å²) in [5, 5.41) is 0.892. The minimum Gasteiger partial charge on any atom is -0.486 e. The minimum absolute atomic E-state index is 0.151. The molecule has 7 heteroatoms. The van der Waals surface area contributed by atoms with Gasteiger partial charge in [0.15, 0.2) is 0 Å². The summed E-state index contributed by atoms with van der Waals surface area (Å²) in [6.07, 6.45) is -1.57. The highest BCUT2D eigenvalue weighted by Crippen LogP contribution is 2.31. The van der Waals surface area contributed by atoms with E-state index in [0.29, 0.717) is 11.3 Å². The van der Waals surface area contributed by atoms with Crippen molar-refractivity contribution in [2.45, 2.75) is 38.3 Å². The van der Waals surface area contributed by atoms with Crippen LogP contribution >= 0.6 is 0 Å². The quantitative estimate of drug-likeness (QED) is 0.541. The van der Waals surface area contributed by atoms with Gasteiger partial charge < -0.3 is 23.9 Å². The van der Waals surface area contributed by atoms with Crippen LogP contribution < -0.4 is 10.3 Å². The Morgan fingerprint density at radius 1 is 0.871 bits per heavy atom. The molecular formula is C24H28FNO5. The molecule has 6 nitrogen and oxygen atoms in total. The molecular weight excluding hydrogens is 401 g/mol.